The van der Waals surface area contributed by atoms with Crippen LogP contribution in [0.5, 0.6) is 0 Å². The van der Waals surface area contributed by atoms with E-state index in [0.717, 1.165) is 57.0 Å². The minimum Gasteiger partial charge on any atom is -0.458 e. The van der Waals surface area contributed by atoms with E-state index in [-0.39, 0.29) is 23.1 Å². The number of hydrogen-bond donors (Lipinski definition) is 1. The maximum atomic E-state index is 11.7. The molecule has 1 N–H and O–H groups in total. The Morgan fingerprint density at radius 3 is 2.73 bits per heavy atom. The van der Waals surface area contributed by atoms with Gasteiger partial charge in [0.05, 0.1) is 5.60 Å². The molecule has 3 aliphatic rings. The lowest BCUT2D eigenvalue weighted by Crippen LogP contribution is -2.57. The summed E-state index contributed by atoms with van der Waals surface area (Å²) in [7, 11) is 0. The fraction of sp³-hybridized carbons (Fsp3) is 0.680. The topological polar surface area (TPSA) is 78.8 Å². The maximum absolute atomic E-state index is 11.7. The number of piperazine rings is 1. The zero-order valence-electron chi connectivity index (χ0n) is 20.1. The highest BCUT2D eigenvalue weighted by Crippen LogP contribution is 2.50. The molecule has 0 bridgehead atoms. The van der Waals surface area contributed by atoms with Crippen molar-refractivity contribution in [3.8, 4) is 0 Å². The first kappa shape index (κ1) is 24.4. The first-order valence-corrected chi connectivity index (χ1v) is 12.4. The molecule has 8 heteroatoms. The Balaban J connectivity index is 1.40. The highest BCUT2D eigenvalue weighted by Gasteiger charge is 2.53. The van der Waals surface area contributed by atoms with E-state index in [1.165, 1.54) is 6.92 Å². The lowest BCUT2D eigenvalue weighted by Gasteiger charge is -2.53. The second-order valence-corrected chi connectivity index (χ2v) is 10.4. The standard InChI is InChI=1S/C25H36ClN4O3/c1-16-13-21-20(6-5-18(3)25(21,32)14-22(16)33-19(4)31)17(2)15-29-9-11-30(12-10-29)23-7-8-27-24(26)28-23/h7-8,13-14,17-18,20-22,32H,5-6,9-12,15H2,1-4H3/t17?,18-,20+,21-,22-,25-/m1/s1. The van der Waals surface area contributed by atoms with Crippen molar-refractivity contribution in [3.63, 3.8) is 0 Å². The molecule has 6 atom stereocenters. The lowest BCUT2D eigenvalue weighted by molar-refractivity contribution is -0.148. The van der Waals surface area contributed by atoms with Crippen molar-refractivity contribution >= 4 is 23.4 Å². The van der Waals surface area contributed by atoms with Crippen LogP contribution < -0.4 is 4.90 Å². The molecule has 2 heterocycles. The normalized spacial score (nSPS) is 33.8. The monoisotopic (exact) mass is 475 g/mol. The number of fused-ring (bicyclic) bond motifs is 1. The van der Waals surface area contributed by atoms with E-state index in [1.54, 1.807) is 6.20 Å². The van der Waals surface area contributed by atoms with Crippen LogP contribution in [0.1, 0.15) is 40.5 Å². The summed E-state index contributed by atoms with van der Waals surface area (Å²) in [4.78, 5) is 24.6. The van der Waals surface area contributed by atoms with Crippen molar-refractivity contribution in [3.05, 3.63) is 35.6 Å². The molecule has 1 saturated carbocycles. The minimum absolute atomic E-state index is 0.0486. The summed E-state index contributed by atoms with van der Waals surface area (Å²) in [5, 5.41) is 12.0. The van der Waals surface area contributed by atoms with E-state index in [1.807, 2.05) is 19.4 Å². The van der Waals surface area contributed by atoms with Crippen LogP contribution in [0.3, 0.4) is 0 Å². The summed E-state index contributed by atoms with van der Waals surface area (Å²) >= 11 is 5.96. The first-order chi connectivity index (χ1) is 15.7. The van der Waals surface area contributed by atoms with Crippen molar-refractivity contribution in [1.82, 2.24) is 14.9 Å². The van der Waals surface area contributed by atoms with Gasteiger partial charge in [-0.1, -0.05) is 19.9 Å². The Hall–Kier alpha value is -1.70. The molecular formula is C25H36ClN4O3. The Labute approximate surface area is 202 Å². The van der Waals surface area contributed by atoms with E-state index in [0.29, 0.717) is 11.8 Å². The molecule has 2 aliphatic carbocycles. The van der Waals surface area contributed by atoms with Crippen LogP contribution in [0.15, 0.2) is 23.9 Å². The van der Waals surface area contributed by atoms with E-state index in [9.17, 15) is 9.90 Å². The van der Waals surface area contributed by atoms with Crippen LogP contribution in [0, 0.1) is 30.1 Å². The number of rotatable bonds is 5. The van der Waals surface area contributed by atoms with E-state index in [4.69, 9.17) is 16.3 Å². The van der Waals surface area contributed by atoms with Crippen LogP contribution >= 0.6 is 11.6 Å². The molecule has 1 aromatic rings. The Morgan fingerprint density at radius 2 is 2.06 bits per heavy atom. The third-order valence-electron chi connectivity index (χ3n) is 7.91. The predicted molar refractivity (Wildman–Crippen MR) is 129 cm³/mol. The molecule has 1 saturated heterocycles. The molecule has 1 aliphatic heterocycles. The van der Waals surface area contributed by atoms with Gasteiger partial charge in [-0.2, -0.15) is 0 Å². The second-order valence-electron chi connectivity index (χ2n) is 10.1. The predicted octanol–water partition coefficient (Wildman–Crippen LogP) is 3.38. The molecule has 0 amide bonds. The van der Waals surface area contributed by atoms with E-state index in [2.05, 4.69) is 39.7 Å². The number of aliphatic hydroxyl groups is 1. The molecule has 1 radical (unpaired) electrons. The number of carbonyl (C=O) groups is 1. The van der Waals surface area contributed by atoms with Crippen LogP contribution in [0.25, 0.3) is 0 Å². The van der Waals surface area contributed by atoms with Crippen molar-refractivity contribution in [2.45, 2.75) is 52.2 Å². The third-order valence-corrected chi connectivity index (χ3v) is 8.09. The summed E-state index contributed by atoms with van der Waals surface area (Å²) in [6.45, 7) is 12.6. The summed E-state index contributed by atoms with van der Waals surface area (Å²) in [5.41, 5.74) is 0.0743. The number of hydrogen-bond acceptors (Lipinski definition) is 7. The Morgan fingerprint density at radius 1 is 1.33 bits per heavy atom. The third kappa shape index (κ3) is 5.20. The fourth-order valence-corrected chi connectivity index (χ4v) is 6.10. The van der Waals surface area contributed by atoms with Gasteiger partial charge in [-0.05, 0) is 60.8 Å². The summed E-state index contributed by atoms with van der Waals surface area (Å²) < 4.78 is 5.48. The van der Waals surface area contributed by atoms with Gasteiger partial charge in [0.2, 0.25) is 5.28 Å². The van der Waals surface area contributed by atoms with E-state index >= 15 is 0 Å². The van der Waals surface area contributed by atoms with Crippen LogP contribution in [-0.4, -0.2) is 70.4 Å². The van der Waals surface area contributed by atoms with Crippen LogP contribution in [-0.2, 0) is 9.53 Å². The number of halogens is 1. The first-order valence-electron chi connectivity index (χ1n) is 12.1. The van der Waals surface area contributed by atoms with Gasteiger partial charge in [-0.25, -0.2) is 9.97 Å². The molecule has 0 aromatic carbocycles. The smallest absolute Gasteiger partial charge is 0.303 e. The zero-order chi connectivity index (χ0) is 23.8. The highest BCUT2D eigenvalue weighted by atomic mass is 35.5. The molecule has 1 unspecified atom stereocenters. The summed E-state index contributed by atoms with van der Waals surface area (Å²) in [6, 6.07) is 1.91. The number of esters is 1. The molecule has 2 fully saturated rings. The molecule has 33 heavy (non-hydrogen) atoms. The van der Waals surface area contributed by atoms with Crippen LogP contribution in [0.2, 0.25) is 5.28 Å². The quantitative estimate of drug-likeness (QED) is 0.397. The van der Waals surface area contributed by atoms with Crippen LogP contribution in [0.4, 0.5) is 5.82 Å². The zero-order valence-corrected chi connectivity index (χ0v) is 20.8. The Bertz CT molecular complexity index is 888. The second kappa shape index (κ2) is 9.88. The van der Waals surface area contributed by atoms with Gasteiger partial charge in [0, 0.05) is 58.2 Å². The lowest BCUT2D eigenvalue weighted by atomic mass is 9.57. The average molecular weight is 476 g/mol. The Kier molecular flexibility index (Phi) is 7.32. The van der Waals surface area contributed by atoms with Gasteiger partial charge in [-0.15, -0.1) is 0 Å². The number of carbonyl (C=O) groups excluding carboxylic acids is 1. The minimum atomic E-state index is -0.943. The van der Waals surface area contributed by atoms with Crippen molar-refractivity contribution in [2.75, 3.05) is 37.6 Å². The van der Waals surface area contributed by atoms with Gasteiger partial charge < -0.3 is 14.7 Å². The number of nitrogens with zero attached hydrogens (tertiary/aromatic N) is 4. The maximum Gasteiger partial charge on any atom is 0.303 e. The number of ether oxygens (including phenoxy) is 1. The van der Waals surface area contributed by atoms with Gasteiger partial charge in [0.15, 0.2) is 0 Å². The average Bonchev–Trinajstić information content (AvgIpc) is 2.76. The molecule has 0 spiro atoms. The molecule has 7 nitrogen and oxygen atoms in total. The molecule has 181 valence electrons. The molecule has 4 rings (SSSR count). The van der Waals surface area contributed by atoms with Gasteiger partial charge in [-0.3, -0.25) is 9.69 Å². The summed E-state index contributed by atoms with van der Waals surface area (Å²) in [5.74, 6) is 1.58. The molecule has 1 aromatic heterocycles. The highest BCUT2D eigenvalue weighted by molar-refractivity contribution is 6.28. The van der Waals surface area contributed by atoms with Crippen molar-refractivity contribution in [1.29, 1.82) is 0 Å². The SMILES string of the molecule is CC(=O)O[C@@H]1[CH][C@@]2(O)[C@H](C)CC[C@@H](C(C)CN3CCN(c4ccnc(Cl)n4)CC3)[C@H]2C=C1C. The largest absolute Gasteiger partial charge is 0.458 e. The van der Waals surface area contributed by atoms with Crippen molar-refractivity contribution < 1.29 is 14.6 Å². The van der Waals surface area contributed by atoms with E-state index < -0.39 is 11.7 Å². The van der Waals surface area contributed by atoms with Gasteiger partial charge in [0.25, 0.3) is 0 Å². The number of aromatic nitrogens is 2. The molecular weight excluding hydrogens is 440 g/mol. The van der Waals surface area contributed by atoms with Crippen molar-refractivity contribution in [2.24, 2.45) is 23.7 Å². The summed E-state index contributed by atoms with van der Waals surface area (Å²) in [6.07, 6.45) is 7.41. The van der Waals surface area contributed by atoms with Gasteiger partial charge >= 0.3 is 5.97 Å². The fourth-order valence-electron chi connectivity index (χ4n) is 5.96. The van der Waals surface area contributed by atoms with Gasteiger partial charge in [0.1, 0.15) is 11.9 Å². The number of anilines is 1.